The van der Waals surface area contributed by atoms with Crippen molar-refractivity contribution < 1.29 is 4.74 Å². The van der Waals surface area contributed by atoms with Crippen LogP contribution in [0.25, 0.3) is 0 Å². The minimum absolute atomic E-state index is 0.0563. The molecule has 0 bridgehead atoms. The number of halogens is 2. The van der Waals surface area contributed by atoms with Crippen molar-refractivity contribution in [2.45, 2.75) is 19.9 Å². The molecule has 1 unspecified atom stereocenters. The van der Waals surface area contributed by atoms with Crippen molar-refractivity contribution in [2.24, 2.45) is 0 Å². The highest BCUT2D eigenvalue weighted by Crippen LogP contribution is 2.32. The van der Waals surface area contributed by atoms with E-state index >= 15 is 0 Å². The number of methoxy groups -OCH3 is 1. The molecule has 0 aliphatic heterocycles. The Morgan fingerprint density at radius 3 is 2.55 bits per heavy atom. The molecule has 0 radical (unpaired) electrons. The van der Waals surface area contributed by atoms with E-state index in [9.17, 15) is 0 Å². The Balaban J connectivity index is 2.30. The first-order valence-electron chi connectivity index (χ1n) is 6.37. The summed E-state index contributed by atoms with van der Waals surface area (Å²) in [5.74, 6) is 0.855. The zero-order valence-corrected chi connectivity index (χ0v) is 13.2. The van der Waals surface area contributed by atoms with E-state index in [4.69, 9.17) is 27.9 Å². The second-order valence-electron chi connectivity index (χ2n) is 4.74. The molecule has 0 amide bonds. The number of ether oxygens (including phenoxy) is 1. The van der Waals surface area contributed by atoms with E-state index in [0.29, 0.717) is 10.0 Å². The standard InChI is InChI=1S/C16H17Cl2NO/c1-10-4-7-16(20-3)13(8-10)11(2)19-15-9-12(17)5-6-14(15)18/h4-9,11,19H,1-3H3. The van der Waals surface area contributed by atoms with Crippen LogP contribution in [0.2, 0.25) is 10.0 Å². The molecule has 2 aromatic rings. The quantitative estimate of drug-likeness (QED) is 0.807. The van der Waals surface area contributed by atoms with E-state index in [-0.39, 0.29) is 6.04 Å². The van der Waals surface area contributed by atoms with E-state index in [1.807, 2.05) is 18.2 Å². The molecule has 106 valence electrons. The predicted octanol–water partition coefficient (Wildman–Crippen LogP) is 5.48. The lowest BCUT2D eigenvalue weighted by molar-refractivity contribution is 0.408. The van der Waals surface area contributed by atoms with Crippen molar-refractivity contribution in [3.63, 3.8) is 0 Å². The lowest BCUT2D eigenvalue weighted by atomic mass is 10.0. The number of aryl methyl sites for hydroxylation is 1. The van der Waals surface area contributed by atoms with Gasteiger partial charge in [0.15, 0.2) is 0 Å². The highest BCUT2D eigenvalue weighted by molar-refractivity contribution is 6.35. The van der Waals surface area contributed by atoms with Gasteiger partial charge in [0, 0.05) is 10.6 Å². The van der Waals surface area contributed by atoms with Gasteiger partial charge < -0.3 is 10.1 Å². The van der Waals surface area contributed by atoms with Gasteiger partial charge in [0.25, 0.3) is 0 Å². The first-order chi connectivity index (χ1) is 9.51. The van der Waals surface area contributed by atoms with E-state index in [1.54, 1.807) is 19.2 Å². The maximum Gasteiger partial charge on any atom is 0.124 e. The molecule has 0 aliphatic rings. The van der Waals surface area contributed by atoms with Crippen LogP contribution in [0.1, 0.15) is 24.1 Å². The lowest BCUT2D eigenvalue weighted by Gasteiger charge is -2.20. The Bertz CT molecular complexity index is 613. The van der Waals surface area contributed by atoms with Crippen LogP contribution in [0.15, 0.2) is 36.4 Å². The Kier molecular flexibility index (Phi) is 4.79. The molecule has 4 heteroatoms. The summed E-state index contributed by atoms with van der Waals surface area (Å²) in [6.07, 6.45) is 0. The average molecular weight is 310 g/mol. The van der Waals surface area contributed by atoms with Crippen LogP contribution in [0.4, 0.5) is 5.69 Å². The van der Waals surface area contributed by atoms with Crippen molar-refractivity contribution in [2.75, 3.05) is 12.4 Å². The van der Waals surface area contributed by atoms with Gasteiger partial charge in [-0.1, -0.05) is 40.9 Å². The topological polar surface area (TPSA) is 21.3 Å². The summed E-state index contributed by atoms with van der Waals surface area (Å²) >= 11 is 12.2. The third-order valence-electron chi connectivity index (χ3n) is 3.15. The molecule has 0 aliphatic carbocycles. The second-order valence-corrected chi connectivity index (χ2v) is 5.58. The summed E-state index contributed by atoms with van der Waals surface area (Å²) in [7, 11) is 1.67. The maximum atomic E-state index is 6.18. The molecule has 0 saturated heterocycles. The Morgan fingerprint density at radius 1 is 1.10 bits per heavy atom. The van der Waals surface area contributed by atoms with E-state index < -0.39 is 0 Å². The summed E-state index contributed by atoms with van der Waals surface area (Å²) < 4.78 is 5.41. The first kappa shape index (κ1) is 15.0. The molecule has 2 rings (SSSR count). The largest absolute Gasteiger partial charge is 0.496 e. The summed E-state index contributed by atoms with van der Waals surface area (Å²) in [5.41, 5.74) is 3.09. The maximum absolute atomic E-state index is 6.18. The Morgan fingerprint density at radius 2 is 1.85 bits per heavy atom. The van der Waals surface area contributed by atoms with Crippen molar-refractivity contribution in [1.29, 1.82) is 0 Å². The van der Waals surface area contributed by atoms with Gasteiger partial charge in [-0.3, -0.25) is 0 Å². The normalized spacial score (nSPS) is 12.1. The number of nitrogens with one attached hydrogen (secondary N) is 1. The number of benzene rings is 2. The highest BCUT2D eigenvalue weighted by atomic mass is 35.5. The van der Waals surface area contributed by atoms with Gasteiger partial charge in [-0.25, -0.2) is 0 Å². The molecule has 0 aromatic heterocycles. The van der Waals surface area contributed by atoms with Crippen LogP contribution in [-0.4, -0.2) is 7.11 Å². The van der Waals surface area contributed by atoms with Gasteiger partial charge in [0.1, 0.15) is 5.75 Å². The highest BCUT2D eigenvalue weighted by Gasteiger charge is 2.13. The number of hydrogen-bond donors (Lipinski definition) is 1. The SMILES string of the molecule is COc1ccc(C)cc1C(C)Nc1cc(Cl)ccc1Cl. The van der Waals surface area contributed by atoms with Crippen LogP contribution in [0, 0.1) is 6.92 Å². The number of anilines is 1. The van der Waals surface area contributed by atoms with Gasteiger partial charge in [-0.05, 0) is 38.1 Å². The third kappa shape index (κ3) is 3.38. The van der Waals surface area contributed by atoms with Gasteiger partial charge in [0.2, 0.25) is 0 Å². The monoisotopic (exact) mass is 309 g/mol. The fraction of sp³-hybridized carbons (Fsp3) is 0.250. The van der Waals surface area contributed by atoms with Crippen LogP contribution in [0.5, 0.6) is 5.75 Å². The molecular formula is C16H17Cl2NO. The number of rotatable bonds is 4. The molecule has 2 nitrogen and oxygen atoms in total. The molecule has 20 heavy (non-hydrogen) atoms. The molecule has 0 saturated carbocycles. The summed E-state index contributed by atoms with van der Waals surface area (Å²) in [6, 6.07) is 11.5. The molecule has 0 heterocycles. The van der Waals surface area contributed by atoms with Gasteiger partial charge in [0.05, 0.1) is 23.9 Å². The summed E-state index contributed by atoms with van der Waals surface area (Å²) in [5, 5.41) is 4.67. The molecule has 2 aromatic carbocycles. The molecule has 0 spiro atoms. The Hall–Kier alpha value is -1.38. The third-order valence-corrected chi connectivity index (χ3v) is 3.72. The molecule has 1 N–H and O–H groups in total. The molecule has 0 fully saturated rings. The van der Waals surface area contributed by atoms with E-state index in [0.717, 1.165) is 17.0 Å². The van der Waals surface area contributed by atoms with Crippen molar-refractivity contribution in [3.8, 4) is 5.75 Å². The minimum Gasteiger partial charge on any atom is -0.496 e. The van der Waals surface area contributed by atoms with Gasteiger partial charge in [-0.15, -0.1) is 0 Å². The predicted molar refractivity (Wildman–Crippen MR) is 86.2 cm³/mol. The summed E-state index contributed by atoms with van der Waals surface area (Å²) in [4.78, 5) is 0. The van der Waals surface area contributed by atoms with Crippen LogP contribution >= 0.6 is 23.2 Å². The average Bonchev–Trinajstić information content (AvgIpc) is 2.42. The minimum atomic E-state index is 0.0563. The van der Waals surface area contributed by atoms with E-state index in [2.05, 4.69) is 25.2 Å². The van der Waals surface area contributed by atoms with Crippen LogP contribution in [-0.2, 0) is 0 Å². The van der Waals surface area contributed by atoms with Crippen LogP contribution in [0.3, 0.4) is 0 Å². The second kappa shape index (κ2) is 6.38. The van der Waals surface area contributed by atoms with Gasteiger partial charge in [-0.2, -0.15) is 0 Å². The Labute approximate surface area is 129 Å². The zero-order chi connectivity index (χ0) is 14.7. The first-order valence-corrected chi connectivity index (χ1v) is 7.13. The van der Waals surface area contributed by atoms with Gasteiger partial charge >= 0.3 is 0 Å². The smallest absolute Gasteiger partial charge is 0.124 e. The van der Waals surface area contributed by atoms with Crippen molar-refractivity contribution in [3.05, 3.63) is 57.6 Å². The van der Waals surface area contributed by atoms with Crippen molar-refractivity contribution >= 4 is 28.9 Å². The summed E-state index contributed by atoms with van der Waals surface area (Å²) in [6.45, 7) is 4.12. The van der Waals surface area contributed by atoms with E-state index in [1.165, 1.54) is 5.56 Å². The fourth-order valence-electron chi connectivity index (χ4n) is 2.11. The van der Waals surface area contributed by atoms with Crippen LogP contribution < -0.4 is 10.1 Å². The van der Waals surface area contributed by atoms with Crippen molar-refractivity contribution in [1.82, 2.24) is 0 Å². The molecule has 1 atom stereocenters. The zero-order valence-electron chi connectivity index (χ0n) is 11.7. The number of hydrogen-bond acceptors (Lipinski definition) is 2. The fourth-order valence-corrected chi connectivity index (χ4v) is 2.46. The molecular weight excluding hydrogens is 293 g/mol. The lowest BCUT2D eigenvalue weighted by Crippen LogP contribution is -2.09.